The first-order chi connectivity index (χ1) is 3.89. The minimum Gasteiger partial charge on any atom is -0.358 e. The molecule has 0 aromatic rings. The van der Waals surface area contributed by atoms with Crippen LogP contribution in [0.1, 0.15) is 27.2 Å². The third kappa shape index (κ3) is 12.4. The van der Waals surface area contributed by atoms with Crippen molar-refractivity contribution in [2.24, 2.45) is 0 Å². The van der Waals surface area contributed by atoms with E-state index in [0.717, 1.165) is 6.42 Å². The van der Waals surface area contributed by atoms with Crippen LogP contribution in [-0.2, 0) is 20.4 Å². The molecule has 63 valence electrons. The Hall–Kier alpha value is -0.858. The Balaban J connectivity index is -0.0000000459. The van der Waals surface area contributed by atoms with Crippen LogP contribution in [0.5, 0.6) is 0 Å². The third-order valence-electron chi connectivity index (χ3n) is 0.867. The van der Waals surface area contributed by atoms with E-state index in [0.29, 0.717) is 0 Å². The van der Waals surface area contributed by atoms with Gasteiger partial charge in [-0.05, 0) is 0 Å². The molecule has 0 unspecified atom stereocenters. The Morgan fingerprint density at radius 2 is 1.82 bits per heavy atom. The third-order valence-corrected chi connectivity index (χ3v) is 0.867. The molecule has 1 aliphatic rings. The molecule has 0 heterocycles. The minimum absolute atomic E-state index is 0. The topological polar surface area (TPSA) is 0 Å². The van der Waals surface area contributed by atoms with E-state index >= 15 is 0 Å². The molecule has 1 radical (unpaired) electrons. The van der Waals surface area contributed by atoms with Gasteiger partial charge in [-0.25, -0.2) is 11.6 Å². The van der Waals surface area contributed by atoms with Crippen LogP contribution < -0.4 is 0 Å². The van der Waals surface area contributed by atoms with Crippen LogP contribution in [0.4, 0.5) is 0 Å². The van der Waals surface area contributed by atoms with Crippen molar-refractivity contribution in [1.82, 2.24) is 0 Å². The molecule has 0 aromatic carbocycles. The maximum absolute atomic E-state index is 3.12. The molecule has 1 rings (SSSR count). The monoisotopic (exact) mass is 578 g/mol. The van der Waals surface area contributed by atoms with Gasteiger partial charge in [-0.1, -0.05) is 20.8 Å². The zero-order chi connectivity index (χ0) is 6.41. The molecule has 0 nitrogen and oxygen atoms in total. The zero-order valence-electron chi connectivity index (χ0n) is 7.95. The van der Waals surface area contributed by atoms with E-state index in [-0.39, 0.29) is 27.8 Å². The van der Waals surface area contributed by atoms with Gasteiger partial charge in [0.1, 0.15) is 0 Å². The molecule has 0 N–H and O–H groups in total. The predicted octanol–water partition coefficient (Wildman–Crippen LogP) is 3.17. The first-order valence-electron chi connectivity index (χ1n) is 3.13. The summed E-state index contributed by atoms with van der Waals surface area (Å²) in [6, 6.07) is 0. The summed E-state index contributed by atoms with van der Waals surface area (Å²) in [5.74, 6) is 0. The second kappa shape index (κ2) is 16.1. The number of rotatable bonds is 0. The van der Waals surface area contributed by atoms with E-state index in [9.17, 15) is 0 Å². The average Bonchev–Trinajstić information content (AvgIpc) is 2.24. The minimum atomic E-state index is 0. The van der Waals surface area contributed by atoms with Crippen molar-refractivity contribution in [3.63, 3.8) is 0 Å². The van der Waals surface area contributed by atoms with E-state index in [1.807, 2.05) is 13.8 Å². The van der Waals surface area contributed by atoms with Gasteiger partial charge in [0.15, 0.2) is 0 Å². The predicted molar refractivity (Wildman–Crippen MR) is 43.9 cm³/mol. The van der Waals surface area contributed by atoms with Crippen LogP contribution in [0.2, 0.25) is 0 Å². The van der Waals surface area contributed by atoms with E-state index < -0.39 is 0 Å². The molecule has 0 fully saturated rings. The standard InChI is InChI=1S/C6H7.C2H6.CH3.Re.Rf/c1-6-4-2-3-5-6;1-2;;;/h2,4H,3H2,1H3;1-2H3;1H3;;/q-1;;-1;;. The van der Waals surface area contributed by atoms with Crippen molar-refractivity contribution in [2.75, 3.05) is 0 Å². The molecule has 11 heavy (non-hydrogen) atoms. The molecule has 0 aliphatic heterocycles. The molecule has 0 bridgehead atoms. The quantitative estimate of drug-likeness (QED) is 0.389. The number of allylic oxidation sites excluding steroid dienone is 4. The van der Waals surface area contributed by atoms with E-state index in [1.165, 1.54) is 5.57 Å². The van der Waals surface area contributed by atoms with E-state index in [1.54, 1.807) is 0 Å². The zero-order valence-corrected chi connectivity index (χ0v) is 17.1. The molecular formula is C9H16ReRf-2. The van der Waals surface area contributed by atoms with Gasteiger partial charge >= 0.3 is 0 Å². The second-order valence-corrected chi connectivity index (χ2v) is 1.47. The Bertz CT molecular complexity index is 103. The summed E-state index contributed by atoms with van der Waals surface area (Å²) in [6.07, 6.45) is 8.33. The van der Waals surface area contributed by atoms with Crippen molar-refractivity contribution in [3.8, 4) is 0 Å². The van der Waals surface area contributed by atoms with Crippen LogP contribution in [0.15, 0.2) is 17.7 Å². The summed E-state index contributed by atoms with van der Waals surface area (Å²) in [6.45, 7) is 6.06. The normalized spacial score (nSPS) is 10.6. The Morgan fingerprint density at radius 3 is 1.91 bits per heavy atom. The largest absolute Gasteiger partial charge is 0.358 e. The van der Waals surface area contributed by atoms with Gasteiger partial charge in [0.05, 0.1) is 0 Å². The fraction of sp³-hybridized carbons (Fsp3) is 0.444. The summed E-state index contributed by atoms with van der Waals surface area (Å²) in [5.41, 5.74) is 1.27. The first-order valence-corrected chi connectivity index (χ1v) is 3.13. The first kappa shape index (κ1) is 22.5. The summed E-state index contributed by atoms with van der Waals surface area (Å²) < 4.78 is 0. The Kier molecular flexibility index (Phi) is 32.8. The molecule has 0 aromatic heterocycles. The number of hydrogen-bond acceptors (Lipinski definition) is 0. The van der Waals surface area contributed by atoms with Crippen LogP contribution in [0, 0.1) is 13.5 Å². The summed E-state index contributed by atoms with van der Waals surface area (Å²) in [7, 11) is 0. The fourth-order valence-corrected chi connectivity index (χ4v) is 0.515. The van der Waals surface area contributed by atoms with Crippen molar-refractivity contribution in [1.29, 1.82) is 0 Å². The molecule has 0 saturated heterocycles. The molecule has 2 heteroatoms. The second-order valence-electron chi connectivity index (χ2n) is 1.47. The van der Waals surface area contributed by atoms with Crippen LogP contribution in [0.25, 0.3) is 0 Å². The van der Waals surface area contributed by atoms with Gasteiger partial charge in [0.25, 0.3) is 0 Å². The summed E-state index contributed by atoms with van der Waals surface area (Å²) in [5, 5.41) is 0. The average molecular weight is 577 g/mol. The van der Waals surface area contributed by atoms with E-state index in [4.69, 9.17) is 0 Å². The van der Waals surface area contributed by atoms with Crippen LogP contribution in [0.3, 0.4) is 0 Å². The smallest absolute Gasteiger partial charge is 0 e. The molecular weight excluding hydrogens is 561 g/mol. The molecule has 0 spiro atoms. The van der Waals surface area contributed by atoms with Crippen molar-refractivity contribution < 1.29 is 20.4 Å². The molecule has 0 amide bonds. The maximum atomic E-state index is 3.12. The van der Waals surface area contributed by atoms with Gasteiger partial charge in [0.2, 0.25) is 0 Å². The van der Waals surface area contributed by atoms with Gasteiger partial charge in [0, 0.05) is 20.4 Å². The van der Waals surface area contributed by atoms with Crippen LogP contribution in [-0.4, -0.2) is 0 Å². The van der Waals surface area contributed by atoms with Gasteiger partial charge in [-0.2, -0.15) is 6.08 Å². The number of hydrogen-bond donors (Lipinski definition) is 0. The fourth-order valence-electron chi connectivity index (χ4n) is 0.515. The van der Waals surface area contributed by atoms with Gasteiger partial charge in [-0.15, -0.1) is 6.42 Å². The van der Waals surface area contributed by atoms with Crippen molar-refractivity contribution >= 4 is 0 Å². The molecule has 1 aliphatic carbocycles. The SMILES string of the molecule is CC.CC1=[C-]CC=C1.[CH3-].[Re].[Rf]. The summed E-state index contributed by atoms with van der Waals surface area (Å²) >= 11 is 0. The van der Waals surface area contributed by atoms with Crippen molar-refractivity contribution in [2.45, 2.75) is 27.2 Å². The molecule has 0 saturated carbocycles. The van der Waals surface area contributed by atoms with Gasteiger partial charge < -0.3 is 7.43 Å². The van der Waals surface area contributed by atoms with Crippen molar-refractivity contribution in [3.05, 3.63) is 31.2 Å². The maximum Gasteiger partial charge on any atom is 0 e. The Labute approximate surface area is 79.1 Å². The Morgan fingerprint density at radius 1 is 1.36 bits per heavy atom. The van der Waals surface area contributed by atoms with Gasteiger partial charge in [-0.3, -0.25) is 6.08 Å². The van der Waals surface area contributed by atoms with Crippen LogP contribution >= 0.6 is 0 Å². The molecule has 0 atom stereocenters. The van der Waals surface area contributed by atoms with E-state index in [2.05, 4.69) is 25.2 Å². The summed E-state index contributed by atoms with van der Waals surface area (Å²) in [4.78, 5) is 0.